The summed E-state index contributed by atoms with van der Waals surface area (Å²) >= 11 is 3.44. The van der Waals surface area contributed by atoms with Gasteiger partial charge in [0.2, 0.25) is 0 Å². The number of aryl methyl sites for hydroxylation is 1. The molecule has 106 valence electrons. The third kappa shape index (κ3) is 3.78. The van der Waals surface area contributed by atoms with Crippen molar-refractivity contribution in [2.45, 2.75) is 13.0 Å². The fourth-order valence-electron chi connectivity index (χ4n) is 2.40. The lowest BCUT2D eigenvalue weighted by atomic mass is 10.0. The minimum atomic E-state index is -0.123. The zero-order valence-electron chi connectivity index (χ0n) is 11.0. The van der Waals surface area contributed by atoms with Crippen LogP contribution in [0.3, 0.4) is 0 Å². The lowest BCUT2D eigenvalue weighted by molar-refractivity contribution is 0.200. The highest BCUT2D eigenvalue weighted by atomic mass is 79.9. The normalized spacial score (nSPS) is 17.6. The molecule has 0 saturated carbocycles. The Morgan fingerprint density at radius 3 is 2.63 bits per heavy atom. The molecule has 0 radical (unpaired) electrons. The van der Waals surface area contributed by atoms with E-state index in [-0.39, 0.29) is 24.3 Å². The smallest absolute Gasteiger partial charge is 0.131 e. The number of hydrogen-bond donors (Lipinski definition) is 1. The van der Waals surface area contributed by atoms with E-state index in [0.29, 0.717) is 11.1 Å². The molecule has 1 N–H and O–H groups in total. The van der Waals surface area contributed by atoms with Gasteiger partial charge in [-0.3, -0.25) is 4.90 Å². The van der Waals surface area contributed by atoms with Crippen molar-refractivity contribution in [3.8, 4) is 0 Å². The minimum absolute atomic E-state index is 0. The van der Waals surface area contributed by atoms with Gasteiger partial charge in [0, 0.05) is 36.2 Å². The second kappa shape index (κ2) is 7.39. The van der Waals surface area contributed by atoms with E-state index in [1.807, 2.05) is 12.1 Å². The molecule has 0 aromatic heterocycles. The number of halogens is 3. The van der Waals surface area contributed by atoms with E-state index in [1.54, 1.807) is 13.0 Å². The number of piperazine rings is 1. The van der Waals surface area contributed by atoms with E-state index in [1.165, 1.54) is 0 Å². The van der Waals surface area contributed by atoms with Crippen LogP contribution >= 0.6 is 28.3 Å². The molecule has 1 aromatic carbocycles. The standard InChI is InChI=1S/C14H18BrFN2.ClH/c1-3-13(18-6-4-17-5-7-18)12-9-11(15)8-10(2)14(12)16;/h3,8-9,13,17H,1,4-7H2,2H3;1H/t13-;/m1./s1. The lowest BCUT2D eigenvalue weighted by Gasteiger charge is -2.33. The van der Waals surface area contributed by atoms with Crippen LogP contribution in [-0.4, -0.2) is 31.1 Å². The average molecular weight is 350 g/mol. The summed E-state index contributed by atoms with van der Waals surface area (Å²) in [6.45, 7) is 9.39. The fraction of sp³-hybridized carbons (Fsp3) is 0.429. The Balaban J connectivity index is 0.00000180. The van der Waals surface area contributed by atoms with Crippen molar-refractivity contribution in [2.75, 3.05) is 26.2 Å². The van der Waals surface area contributed by atoms with Crippen LogP contribution in [0.1, 0.15) is 17.2 Å². The summed E-state index contributed by atoms with van der Waals surface area (Å²) in [4.78, 5) is 2.26. The van der Waals surface area contributed by atoms with Gasteiger partial charge in [-0.1, -0.05) is 22.0 Å². The van der Waals surface area contributed by atoms with Crippen LogP contribution in [0, 0.1) is 12.7 Å². The summed E-state index contributed by atoms with van der Waals surface area (Å²) in [5.41, 5.74) is 1.38. The summed E-state index contributed by atoms with van der Waals surface area (Å²) in [6, 6.07) is 3.61. The van der Waals surface area contributed by atoms with Crippen molar-refractivity contribution in [3.63, 3.8) is 0 Å². The van der Waals surface area contributed by atoms with Crippen molar-refractivity contribution in [1.82, 2.24) is 10.2 Å². The molecule has 0 bridgehead atoms. The summed E-state index contributed by atoms with van der Waals surface area (Å²) in [5, 5.41) is 3.30. The van der Waals surface area contributed by atoms with Gasteiger partial charge in [-0.25, -0.2) is 4.39 Å². The Labute approximate surface area is 128 Å². The predicted molar refractivity (Wildman–Crippen MR) is 83.5 cm³/mol. The average Bonchev–Trinajstić information content (AvgIpc) is 2.37. The highest BCUT2D eigenvalue weighted by Crippen LogP contribution is 2.29. The summed E-state index contributed by atoms with van der Waals surface area (Å²) in [6.07, 6.45) is 1.83. The van der Waals surface area contributed by atoms with Gasteiger partial charge in [0.15, 0.2) is 0 Å². The Morgan fingerprint density at radius 2 is 2.05 bits per heavy atom. The Morgan fingerprint density at radius 1 is 1.42 bits per heavy atom. The van der Waals surface area contributed by atoms with Crippen LogP contribution in [0.25, 0.3) is 0 Å². The molecule has 2 rings (SSSR count). The third-order valence-electron chi connectivity index (χ3n) is 3.33. The van der Waals surface area contributed by atoms with E-state index in [4.69, 9.17) is 0 Å². The maximum absolute atomic E-state index is 14.3. The maximum Gasteiger partial charge on any atom is 0.131 e. The summed E-state index contributed by atoms with van der Waals surface area (Å²) in [7, 11) is 0. The quantitative estimate of drug-likeness (QED) is 0.841. The molecule has 0 aliphatic carbocycles. The Kier molecular flexibility index (Phi) is 6.47. The fourth-order valence-corrected chi connectivity index (χ4v) is 2.99. The first-order chi connectivity index (χ1) is 8.63. The van der Waals surface area contributed by atoms with Crippen LogP contribution in [0.15, 0.2) is 29.3 Å². The maximum atomic E-state index is 14.3. The van der Waals surface area contributed by atoms with Gasteiger partial charge in [-0.05, 0) is 24.6 Å². The molecule has 0 amide bonds. The largest absolute Gasteiger partial charge is 0.314 e. The monoisotopic (exact) mass is 348 g/mol. The molecular weight excluding hydrogens is 331 g/mol. The molecule has 1 aliphatic heterocycles. The second-order valence-corrected chi connectivity index (χ2v) is 5.51. The van der Waals surface area contributed by atoms with Crippen molar-refractivity contribution >= 4 is 28.3 Å². The van der Waals surface area contributed by atoms with Gasteiger partial charge >= 0.3 is 0 Å². The van der Waals surface area contributed by atoms with Gasteiger partial charge < -0.3 is 5.32 Å². The van der Waals surface area contributed by atoms with Crippen molar-refractivity contribution < 1.29 is 4.39 Å². The van der Waals surface area contributed by atoms with Crippen LogP contribution < -0.4 is 5.32 Å². The molecule has 1 aromatic rings. The molecule has 5 heteroatoms. The topological polar surface area (TPSA) is 15.3 Å². The second-order valence-electron chi connectivity index (χ2n) is 4.59. The van der Waals surface area contributed by atoms with Gasteiger partial charge in [0.05, 0.1) is 6.04 Å². The molecule has 0 spiro atoms. The zero-order chi connectivity index (χ0) is 13.1. The lowest BCUT2D eigenvalue weighted by Crippen LogP contribution is -2.44. The van der Waals surface area contributed by atoms with Gasteiger partial charge in [0.25, 0.3) is 0 Å². The summed E-state index contributed by atoms with van der Waals surface area (Å²) in [5.74, 6) is -0.123. The number of rotatable bonds is 3. The minimum Gasteiger partial charge on any atom is -0.314 e. The molecule has 19 heavy (non-hydrogen) atoms. The molecule has 1 atom stereocenters. The molecule has 1 saturated heterocycles. The van der Waals surface area contributed by atoms with Crippen molar-refractivity contribution in [2.24, 2.45) is 0 Å². The highest BCUT2D eigenvalue weighted by Gasteiger charge is 2.23. The highest BCUT2D eigenvalue weighted by molar-refractivity contribution is 9.10. The molecule has 1 fully saturated rings. The number of hydrogen-bond acceptors (Lipinski definition) is 2. The van der Waals surface area contributed by atoms with Gasteiger partial charge in [0.1, 0.15) is 5.82 Å². The van der Waals surface area contributed by atoms with Crippen LogP contribution in [-0.2, 0) is 0 Å². The summed E-state index contributed by atoms with van der Waals surface area (Å²) < 4.78 is 15.2. The molecule has 1 heterocycles. The SMILES string of the molecule is C=C[C@H](c1cc(Br)cc(C)c1F)N1CCNCC1.Cl. The Hall–Kier alpha value is -0.420. The van der Waals surface area contributed by atoms with Gasteiger partial charge in [-0.2, -0.15) is 0 Å². The number of nitrogens with zero attached hydrogens (tertiary/aromatic N) is 1. The van der Waals surface area contributed by atoms with Crippen LogP contribution in [0.5, 0.6) is 0 Å². The van der Waals surface area contributed by atoms with E-state index >= 15 is 0 Å². The first kappa shape index (κ1) is 16.6. The molecule has 1 aliphatic rings. The predicted octanol–water partition coefficient (Wildman–Crippen LogP) is 3.45. The molecule has 2 nitrogen and oxygen atoms in total. The zero-order valence-corrected chi connectivity index (χ0v) is 13.4. The Bertz CT molecular complexity index is 447. The number of benzene rings is 1. The van der Waals surface area contributed by atoms with Crippen LogP contribution in [0.2, 0.25) is 0 Å². The first-order valence-corrected chi connectivity index (χ1v) is 6.95. The molecular formula is C14H19BrClFN2. The van der Waals surface area contributed by atoms with Crippen molar-refractivity contribution in [1.29, 1.82) is 0 Å². The van der Waals surface area contributed by atoms with Gasteiger partial charge in [-0.15, -0.1) is 19.0 Å². The van der Waals surface area contributed by atoms with E-state index in [0.717, 1.165) is 30.7 Å². The molecule has 0 unspecified atom stereocenters. The van der Waals surface area contributed by atoms with Crippen molar-refractivity contribution in [3.05, 3.63) is 46.2 Å². The van der Waals surface area contributed by atoms with E-state index < -0.39 is 0 Å². The van der Waals surface area contributed by atoms with E-state index in [2.05, 4.69) is 32.7 Å². The first-order valence-electron chi connectivity index (χ1n) is 6.16. The number of nitrogens with one attached hydrogen (secondary N) is 1. The van der Waals surface area contributed by atoms with Crippen LogP contribution in [0.4, 0.5) is 4.39 Å². The van der Waals surface area contributed by atoms with E-state index in [9.17, 15) is 4.39 Å². The third-order valence-corrected chi connectivity index (χ3v) is 3.79.